The first-order valence-electron chi connectivity index (χ1n) is 20.7. The van der Waals surface area contributed by atoms with Gasteiger partial charge in [0.1, 0.15) is 42.2 Å². The van der Waals surface area contributed by atoms with Crippen LogP contribution in [0.5, 0.6) is 11.5 Å². The summed E-state index contributed by atoms with van der Waals surface area (Å²) in [4.78, 5) is 84.4. The highest BCUT2D eigenvalue weighted by Crippen LogP contribution is 2.39. The number of Topliss-reactive ketones (excluding diaryl/α,β-unsaturated/α-hetero) is 1. The molecule has 8 N–H and O–H groups in total. The number of phenols is 2. The quantitative estimate of drug-likeness (QED) is 0.0796. The fourth-order valence-corrected chi connectivity index (χ4v) is 7.47. The summed E-state index contributed by atoms with van der Waals surface area (Å²) in [5.41, 5.74) is 8.73. The topological polar surface area (TPSA) is 251 Å². The number of nitrogens with zero attached hydrogens (tertiary/aromatic N) is 4. The van der Waals surface area contributed by atoms with Gasteiger partial charge < -0.3 is 42.1 Å². The summed E-state index contributed by atoms with van der Waals surface area (Å²) in [6.45, 7) is 3.08. The van der Waals surface area contributed by atoms with E-state index in [4.69, 9.17) is 17.3 Å². The van der Waals surface area contributed by atoms with Crippen molar-refractivity contribution >= 4 is 46.9 Å². The number of ketones is 1. The number of hydrogen-bond acceptors (Lipinski definition) is 11. The van der Waals surface area contributed by atoms with Crippen LogP contribution in [-0.2, 0) is 36.9 Å². The van der Waals surface area contributed by atoms with Crippen LogP contribution in [-0.4, -0.2) is 103 Å². The lowest BCUT2D eigenvalue weighted by Gasteiger charge is -2.32. The monoisotopic (exact) mass is 891 g/mol. The first-order chi connectivity index (χ1) is 30.6. The molecule has 0 saturated carbocycles. The predicted molar refractivity (Wildman–Crippen MR) is 238 cm³/mol. The van der Waals surface area contributed by atoms with Crippen LogP contribution in [0.1, 0.15) is 60.6 Å². The van der Waals surface area contributed by atoms with E-state index in [-0.39, 0.29) is 58.9 Å². The molecule has 6 rings (SSSR count). The van der Waals surface area contributed by atoms with Gasteiger partial charge >= 0.3 is 0 Å². The number of aromatic nitrogens is 3. The molecule has 0 unspecified atom stereocenters. The van der Waals surface area contributed by atoms with E-state index in [0.717, 1.165) is 16.0 Å². The number of carbonyl (C=O) groups is 6. The average molecular weight is 892 g/mol. The number of phenolic OH excluding ortho intramolecular Hbond substituents is 2. The Balaban J connectivity index is 1.30. The highest BCUT2D eigenvalue weighted by molar-refractivity contribution is 6.30. The van der Waals surface area contributed by atoms with Crippen molar-refractivity contribution in [2.24, 2.45) is 5.73 Å². The Morgan fingerprint density at radius 1 is 0.891 bits per heavy atom. The van der Waals surface area contributed by atoms with Crippen molar-refractivity contribution in [1.29, 1.82) is 0 Å². The molecule has 5 aromatic rings. The molecule has 334 valence electrons. The van der Waals surface area contributed by atoms with E-state index in [1.807, 2.05) is 12.1 Å². The van der Waals surface area contributed by atoms with Crippen molar-refractivity contribution in [3.8, 4) is 33.8 Å². The number of likely N-dealkylation sites (N-methyl/N-ethyl adjacent to an activating group) is 1. The van der Waals surface area contributed by atoms with Gasteiger partial charge in [-0.15, -0.1) is 5.10 Å². The van der Waals surface area contributed by atoms with Gasteiger partial charge in [0.15, 0.2) is 5.78 Å². The van der Waals surface area contributed by atoms with Crippen molar-refractivity contribution in [2.75, 3.05) is 13.6 Å². The molecule has 2 heterocycles. The van der Waals surface area contributed by atoms with Crippen LogP contribution in [0.2, 0.25) is 5.02 Å². The largest absolute Gasteiger partial charge is 0.507 e. The second-order valence-corrected chi connectivity index (χ2v) is 16.1. The molecule has 0 saturated heterocycles. The number of nitrogens with two attached hydrogens (primary N) is 1. The SMILES string of the molecule is C[C@H](NC(=O)[C@@H]1Cc2ccc(O)c(c2)-c2cc(ccc2O)[C@H](N(C)C(=O)[C@H](CCCCN)NC(=O)c2ccc(-c3ccc(Cl)cc3)cc2)C(=O)N[C@@H](C)C(=O)N1)C(=O)Cn1ccnn1. The van der Waals surface area contributed by atoms with Crippen molar-refractivity contribution in [3.05, 3.63) is 119 Å². The normalized spacial score (nSPS) is 17.2. The Labute approximate surface area is 374 Å². The maximum atomic E-state index is 14.6. The van der Waals surface area contributed by atoms with Crippen LogP contribution in [0.15, 0.2) is 97.3 Å². The molecule has 1 aliphatic heterocycles. The molecule has 5 amide bonds. The molecule has 17 nitrogen and oxygen atoms in total. The van der Waals surface area contributed by atoms with Gasteiger partial charge in [-0.3, -0.25) is 28.8 Å². The van der Waals surface area contributed by atoms with E-state index >= 15 is 0 Å². The van der Waals surface area contributed by atoms with Gasteiger partial charge in [-0.2, -0.15) is 0 Å². The number of carbonyl (C=O) groups excluding carboxylic acids is 6. The van der Waals surface area contributed by atoms with Crippen LogP contribution in [0, 0.1) is 0 Å². The van der Waals surface area contributed by atoms with Gasteiger partial charge in [-0.1, -0.05) is 53.2 Å². The third-order valence-corrected chi connectivity index (χ3v) is 11.3. The summed E-state index contributed by atoms with van der Waals surface area (Å²) >= 11 is 6.05. The molecule has 18 heteroatoms. The average Bonchev–Trinajstić information content (AvgIpc) is 3.79. The van der Waals surface area contributed by atoms with E-state index in [1.165, 1.54) is 68.3 Å². The van der Waals surface area contributed by atoms with E-state index in [9.17, 15) is 39.0 Å². The van der Waals surface area contributed by atoms with Crippen molar-refractivity contribution in [1.82, 2.24) is 41.2 Å². The Bertz CT molecular complexity index is 2500. The van der Waals surface area contributed by atoms with Gasteiger partial charge in [0, 0.05) is 41.4 Å². The molecule has 1 aliphatic rings. The number of unbranched alkanes of at least 4 members (excludes halogenated alkanes) is 1. The van der Waals surface area contributed by atoms with Crippen LogP contribution < -0.4 is 27.0 Å². The highest BCUT2D eigenvalue weighted by atomic mass is 35.5. The molecular formula is C46H50ClN9O8. The summed E-state index contributed by atoms with van der Waals surface area (Å²) in [7, 11) is 1.39. The zero-order valence-electron chi connectivity index (χ0n) is 35.5. The summed E-state index contributed by atoms with van der Waals surface area (Å²) in [5.74, 6) is -4.32. The minimum absolute atomic E-state index is 0.104. The van der Waals surface area contributed by atoms with Gasteiger partial charge in [0.25, 0.3) is 5.91 Å². The fourth-order valence-electron chi connectivity index (χ4n) is 7.35. The summed E-state index contributed by atoms with van der Waals surface area (Å²) in [5, 5.41) is 41.2. The Kier molecular flexibility index (Phi) is 15.1. The van der Waals surface area contributed by atoms with E-state index in [0.29, 0.717) is 30.0 Å². The maximum absolute atomic E-state index is 14.6. The van der Waals surface area contributed by atoms with Crippen LogP contribution in [0.4, 0.5) is 0 Å². The van der Waals surface area contributed by atoms with Crippen molar-refractivity contribution in [3.63, 3.8) is 0 Å². The third-order valence-electron chi connectivity index (χ3n) is 11.0. The lowest BCUT2D eigenvalue weighted by Crippen LogP contribution is -2.57. The van der Waals surface area contributed by atoms with E-state index < -0.39 is 59.7 Å². The number of hydrogen-bond donors (Lipinski definition) is 7. The summed E-state index contributed by atoms with van der Waals surface area (Å²) in [6, 6.07) is 16.6. The van der Waals surface area contributed by atoms with E-state index in [1.54, 1.807) is 42.5 Å². The fraction of sp³-hybridized carbons (Fsp3) is 0.304. The second kappa shape index (κ2) is 20.8. The zero-order chi connectivity index (χ0) is 46.1. The second-order valence-electron chi connectivity index (χ2n) is 15.7. The Morgan fingerprint density at radius 2 is 1.55 bits per heavy atom. The van der Waals surface area contributed by atoms with Crippen molar-refractivity contribution in [2.45, 2.75) is 76.3 Å². The molecule has 64 heavy (non-hydrogen) atoms. The number of aromatic hydroxyl groups is 2. The molecule has 0 spiro atoms. The predicted octanol–water partition coefficient (Wildman–Crippen LogP) is 3.42. The number of fused-ring (bicyclic) bond motifs is 5. The molecule has 5 atom stereocenters. The third kappa shape index (κ3) is 11.3. The van der Waals surface area contributed by atoms with E-state index in [2.05, 4.69) is 31.6 Å². The van der Waals surface area contributed by atoms with Crippen molar-refractivity contribution < 1.29 is 39.0 Å². The number of nitrogens with one attached hydrogen (secondary N) is 4. The molecule has 4 bridgehead atoms. The Hall–Kier alpha value is -7.11. The minimum atomic E-state index is -1.45. The van der Waals surface area contributed by atoms with Crippen LogP contribution in [0.25, 0.3) is 22.3 Å². The number of amides is 5. The van der Waals surface area contributed by atoms with Crippen LogP contribution in [0.3, 0.4) is 0 Å². The van der Waals surface area contributed by atoms with Gasteiger partial charge in [-0.05, 0) is 110 Å². The minimum Gasteiger partial charge on any atom is -0.507 e. The summed E-state index contributed by atoms with van der Waals surface area (Å²) < 4.78 is 1.31. The molecule has 0 aliphatic carbocycles. The van der Waals surface area contributed by atoms with Crippen LogP contribution >= 0.6 is 11.6 Å². The summed E-state index contributed by atoms with van der Waals surface area (Å²) in [6.07, 6.45) is 3.99. The smallest absolute Gasteiger partial charge is 0.251 e. The Morgan fingerprint density at radius 3 is 2.20 bits per heavy atom. The zero-order valence-corrected chi connectivity index (χ0v) is 36.2. The first kappa shape index (κ1) is 46.4. The lowest BCUT2D eigenvalue weighted by atomic mass is 9.93. The van der Waals surface area contributed by atoms with Gasteiger partial charge in [-0.25, -0.2) is 4.68 Å². The van der Waals surface area contributed by atoms with Gasteiger partial charge in [0.05, 0.1) is 12.2 Å². The maximum Gasteiger partial charge on any atom is 0.251 e. The number of benzene rings is 4. The highest BCUT2D eigenvalue weighted by Gasteiger charge is 2.36. The van der Waals surface area contributed by atoms with Gasteiger partial charge in [0.2, 0.25) is 23.6 Å². The first-order valence-corrected chi connectivity index (χ1v) is 21.1. The molecule has 0 radical (unpaired) electrons. The molecular weight excluding hydrogens is 842 g/mol. The molecule has 4 aromatic carbocycles. The molecule has 1 aromatic heterocycles. The lowest BCUT2D eigenvalue weighted by molar-refractivity contribution is -0.141. The standard InChI is InChI=1S/C46H50ClN9O8/c1-26(40(59)25-56-21-20-49-54-56)50-44(62)37-23-28-7-17-38(57)34(22-28)35-24-32(14-18-39(35)58)41(45(63)51-27(2)42(60)53-37)55(3)46(64)36(6-4-5-19-48)52-43(61)31-10-8-29(9-11-31)30-12-15-33(47)16-13-30/h7-18,20-22,24,26-27,36-37,41,57-58H,4-6,19,23,25,48H2,1-3H3,(H,50,62)(H,51,63)(H,52,61)(H,53,60)/t26-,27-,36-,37-,41-/m0/s1. The number of rotatable bonds is 14. The number of halogens is 1. The molecule has 0 fully saturated rings.